The smallest absolute Gasteiger partial charge is 0.168 e. The molecule has 1 aromatic carbocycles. The Balaban J connectivity index is 0. The normalized spacial score (nSPS) is 7.88. The highest BCUT2D eigenvalue weighted by Crippen LogP contribution is 2.12. The predicted molar refractivity (Wildman–Crippen MR) is 79.0 cm³/mol. The molecule has 0 atom stereocenters. The highest BCUT2D eigenvalue weighted by molar-refractivity contribution is 7.80. The van der Waals surface area contributed by atoms with Crippen molar-refractivity contribution in [2.24, 2.45) is 5.73 Å². The molecule has 0 saturated carbocycles. The molecule has 0 saturated heterocycles. The molecule has 0 spiro atoms. The lowest BCUT2D eigenvalue weighted by atomic mass is 10.1. The molecule has 0 aliphatic heterocycles. The van der Waals surface area contributed by atoms with Gasteiger partial charge in [0.2, 0.25) is 0 Å². The zero-order valence-corrected chi connectivity index (χ0v) is 12.0. The van der Waals surface area contributed by atoms with Crippen LogP contribution in [0.5, 0.6) is 0 Å². The average Bonchev–Trinajstić information content (AvgIpc) is 2.21. The van der Waals surface area contributed by atoms with E-state index in [-0.39, 0.29) is 0 Å². The van der Waals surface area contributed by atoms with E-state index in [2.05, 4.69) is 11.4 Å². The first kappa shape index (κ1) is 17.3. The molecule has 0 radical (unpaired) electrons. The van der Waals surface area contributed by atoms with Crippen LogP contribution in [-0.4, -0.2) is 5.11 Å². The number of anilines is 1. The van der Waals surface area contributed by atoms with Crippen LogP contribution in [0, 0.1) is 13.8 Å². The maximum atomic E-state index is 5.34. The van der Waals surface area contributed by atoms with Crippen molar-refractivity contribution in [1.82, 2.24) is 0 Å². The minimum atomic E-state index is 0.306. The number of thiocarbonyl (C=S) groups is 1. The number of benzene rings is 1. The standard InChI is InChI=1S/C9H12N2S.2C2H6/c1-6-3-7(2)5-8(4-6)11-9(10)12;2*1-2/h3-5H,1-2H3,(H3,10,11,12);2*1-2H3. The van der Waals surface area contributed by atoms with E-state index in [0.717, 1.165) is 5.69 Å². The molecule has 3 heteroatoms. The van der Waals surface area contributed by atoms with Gasteiger partial charge in [0.15, 0.2) is 5.11 Å². The Bertz CT molecular complexity index is 289. The maximum Gasteiger partial charge on any atom is 0.168 e. The van der Waals surface area contributed by atoms with Gasteiger partial charge in [0.1, 0.15) is 0 Å². The fourth-order valence-corrected chi connectivity index (χ4v) is 1.31. The van der Waals surface area contributed by atoms with E-state index in [9.17, 15) is 0 Å². The SMILES string of the molecule is CC.CC.Cc1cc(C)cc(NC(N)=S)c1. The first-order valence-corrected chi connectivity index (χ1v) is 6.13. The third-order valence-corrected chi connectivity index (χ3v) is 1.59. The lowest BCUT2D eigenvalue weighted by molar-refractivity contribution is 1.38. The lowest BCUT2D eigenvalue weighted by Crippen LogP contribution is -2.18. The van der Waals surface area contributed by atoms with E-state index in [1.165, 1.54) is 11.1 Å². The summed E-state index contributed by atoms with van der Waals surface area (Å²) >= 11 is 4.73. The van der Waals surface area contributed by atoms with Gasteiger partial charge in [0.25, 0.3) is 0 Å². The molecule has 92 valence electrons. The molecule has 0 bridgehead atoms. The van der Waals surface area contributed by atoms with Crippen molar-refractivity contribution in [1.29, 1.82) is 0 Å². The molecular formula is C13H24N2S. The van der Waals surface area contributed by atoms with Crippen molar-refractivity contribution in [2.75, 3.05) is 5.32 Å². The highest BCUT2D eigenvalue weighted by atomic mass is 32.1. The number of nitrogens with two attached hydrogens (primary N) is 1. The number of aryl methyl sites for hydroxylation is 2. The summed E-state index contributed by atoms with van der Waals surface area (Å²) in [7, 11) is 0. The van der Waals surface area contributed by atoms with Crippen LogP contribution in [0.2, 0.25) is 0 Å². The van der Waals surface area contributed by atoms with Crippen molar-refractivity contribution in [3.05, 3.63) is 29.3 Å². The summed E-state index contributed by atoms with van der Waals surface area (Å²) in [5, 5.41) is 3.20. The second kappa shape index (κ2) is 10.4. The third kappa shape index (κ3) is 8.24. The van der Waals surface area contributed by atoms with Crippen molar-refractivity contribution < 1.29 is 0 Å². The summed E-state index contributed by atoms with van der Waals surface area (Å²) in [4.78, 5) is 0. The second-order valence-electron chi connectivity index (χ2n) is 2.87. The summed E-state index contributed by atoms with van der Waals surface area (Å²) in [5.41, 5.74) is 8.71. The lowest BCUT2D eigenvalue weighted by Gasteiger charge is -2.05. The average molecular weight is 240 g/mol. The topological polar surface area (TPSA) is 38.0 Å². The van der Waals surface area contributed by atoms with E-state index in [0.29, 0.717) is 5.11 Å². The molecule has 1 rings (SSSR count). The van der Waals surface area contributed by atoms with Gasteiger partial charge < -0.3 is 11.1 Å². The minimum Gasteiger partial charge on any atom is -0.376 e. The van der Waals surface area contributed by atoms with Crippen LogP contribution < -0.4 is 11.1 Å². The van der Waals surface area contributed by atoms with Gasteiger partial charge in [-0.1, -0.05) is 33.8 Å². The van der Waals surface area contributed by atoms with E-state index >= 15 is 0 Å². The Kier molecular flexibility index (Phi) is 11.3. The summed E-state index contributed by atoms with van der Waals surface area (Å²) in [6.45, 7) is 12.1. The molecule has 0 amide bonds. The Hall–Kier alpha value is -1.09. The molecule has 0 heterocycles. The van der Waals surface area contributed by atoms with Crippen LogP contribution in [-0.2, 0) is 0 Å². The van der Waals surface area contributed by atoms with Gasteiger partial charge in [0, 0.05) is 5.69 Å². The molecule has 0 aliphatic carbocycles. The van der Waals surface area contributed by atoms with Crippen LogP contribution in [0.25, 0.3) is 0 Å². The van der Waals surface area contributed by atoms with Gasteiger partial charge in [-0.2, -0.15) is 0 Å². The molecule has 0 aromatic heterocycles. The summed E-state index contributed by atoms with van der Waals surface area (Å²) < 4.78 is 0. The van der Waals surface area contributed by atoms with Crippen LogP contribution in [0.1, 0.15) is 38.8 Å². The van der Waals surface area contributed by atoms with Crippen molar-refractivity contribution >= 4 is 23.0 Å². The molecular weight excluding hydrogens is 216 g/mol. The van der Waals surface area contributed by atoms with E-state index in [1.54, 1.807) is 0 Å². The second-order valence-corrected chi connectivity index (χ2v) is 3.31. The summed E-state index contributed by atoms with van der Waals surface area (Å²) in [6, 6.07) is 6.11. The number of hydrogen-bond acceptors (Lipinski definition) is 1. The van der Waals surface area contributed by atoms with E-state index in [1.807, 2.05) is 53.7 Å². The first-order chi connectivity index (χ1) is 7.58. The van der Waals surface area contributed by atoms with Gasteiger partial charge in [-0.05, 0) is 49.3 Å². The molecule has 3 N–H and O–H groups in total. The van der Waals surface area contributed by atoms with Gasteiger partial charge in [0.05, 0.1) is 0 Å². The van der Waals surface area contributed by atoms with Crippen LogP contribution >= 0.6 is 12.2 Å². The molecule has 16 heavy (non-hydrogen) atoms. The first-order valence-electron chi connectivity index (χ1n) is 5.72. The Labute approximate surface area is 105 Å². The molecule has 0 unspecified atom stereocenters. The molecule has 0 aliphatic rings. The van der Waals surface area contributed by atoms with Crippen LogP contribution in [0.15, 0.2) is 18.2 Å². The van der Waals surface area contributed by atoms with Crippen LogP contribution in [0.3, 0.4) is 0 Å². The van der Waals surface area contributed by atoms with E-state index in [4.69, 9.17) is 18.0 Å². The number of rotatable bonds is 1. The van der Waals surface area contributed by atoms with Gasteiger partial charge >= 0.3 is 0 Å². The Morgan fingerprint density at radius 3 is 1.69 bits per heavy atom. The fourth-order valence-electron chi connectivity index (χ4n) is 1.19. The van der Waals surface area contributed by atoms with Gasteiger partial charge in [-0.3, -0.25) is 0 Å². The molecule has 2 nitrogen and oxygen atoms in total. The zero-order chi connectivity index (χ0) is 13.1. The predicted octanol–water partition coefficient (Wildman–Crippen LogP) is 4.01. The van der Waals surface area contributed by atoms with Crippen molar-refractivity contribution in [3.8, 4) is 0 Å². The fraction of sp³-hybridized carbons (Fsp3) is 0.462. The van der Waals surface area contributed by atoms with Crippen LogP contribution in [0.4, 0.5) is 5.69 Å². The summed E-state index contributed by atoms with van der Waals surface area (Å²) in [5.74, 6) is 0. The number of nitrogens with one attached hydrogen (secondary N) is 1. The van der Waals surface area contributed by atoms with Crippen molar-refractivity contribution in [3.63, 3.8) is 0 Å². The van der Waals surface area contributed by atoms with Gasteiger partial charge in [-0.15, -0.1) is 0 Å². The largest absolute Gasteiger partial charge is 0.376 e. The zero-order valence-electron chi connectivity index (χ0n) is 11.2. The molecule has 1 aromatic rings. The monoisotopic (exact) mass is 240 g/mol. The minimum absolute atomic E-state index is 0.306. The van der Waals surface area contributed by atoms with E-state index < -0.39 is 0 Å². The quantitative estimate of drug-likeness (QED) is 0.728. The highest BCUT2D eigenvalue weighted by Gasteiger charge is 1.95. The third-order valence-electron chi connectivity index (χ3n) is 1.49. The van der Waals surface area contributed by atoms with Gasteiger partial charge in [-0.25, -0.2) is 0 Å². The summed E-state index contributed by atoms with van der Waals surface area (Å²) in [6.07, 6.45) is 0. The Morgan fingerprint density at radius 1 is 1.00 bits per heavy atom. The molecule has 0 fully saturated rings. The Morgan fingerprint density at radius 2 is 1.38 bits per heavy atom. The number of hydrogen-bond donors (Lipinski definition) is 2. The van der Waals surface area contributed by atoms with Crippen molar-refractivity contribution in [2.45, 2.75) is 41.5 Å². The maximum absolute atomic E-state index is 5.34.